The third kappa shape index (κ3) is 2.74. The van der Waals surface area contributed by atoms with E-state index in [1.54, 1.807) is 31.6 Å². The standard InChI is InChI=1S/C14H14IN3O2/c1-8-12(9(2)18(3)17-8)13(19)14(20)16-11-7-5-4-6-10(11)15/h4-7H,1-3H3,(H,16,20). The maximum atomic E-state index is 12.2. The smallest absolute Gasteiger partial charge is 0.296 e. The Labute approximate surface area is 130 Å². The highest BCUT2D eigenvalue weighted by Gasteiger charge is 2.24. The van der Waals surface area contributed by atoms with E-state index >= 15 is 0 Å². The molecule has 1 N–H and O–H groups in total. The third-order valence-corrected chi connectivity index (χ3v) is 4.01. The van der Waals surface area contributed by atoms with Crippen LogP contribution in [0.3, 0.4) is 0 Å². The molecular formula is C14H14IN3O2. The van der Waals surface area contributed by atoms with Crippen molar-refractivity contribution in [2.45, 2.75) is 13.8 Å². The first-order valence-corrected chi connectivity index (χ1v) is 7.10. The van der Waals surface area contributed by atoms with Crippen LogP contribution in [0.15, 0.2) is 24.3 Å². The van der Waals surface area contributed by atoms with Gasteiger partial charge in [-0.1, -0.05) is 12.1 Å². The van der Waals surface area contributed by atoms with Crippen LogP contribution < -0.4 is 5.32 Å². The summed E-state index contributed by atoms with van der Waals surface area (Å²) in [4.78, 5) is 24.3. The minimum atomic E-state index is -0.645. The molecule has 0 bridgehead atoms. The van der Waals surface area contributed by atoms with Gasteiger partial charge in [0.25, 0.3) is 11.7 Å². The number of para-hydroxylation sites is 1. The molecule has 0 saturated heterocycles. The molecule has 1 amide bonds. The predicted octanol–water partition coefficient (Wildman–Crippen LogP) is 2.46. The molecular weight excluding hydrogens is 369 g/mol. The molecule has 1 aromatic carbocycles. The number of carbonyl (C=O) groups excluding carboxylic acids is 2. The summed E-state index contributed by atoms with van der Waals surface area (Å²) in [5, 5.41) is 6.79. The molecule has 0 aliphatic heterocycles. The first kappa shape index (κ1) is 14.7. The van der Waals surface area contributed by atoms with Crippen molar-refractivity contribution in [2.75, 3.05) is 5.32 Å². The number of benzene rings is 1. The van der Waals surface area contributed by atoms with Crippen molar-refractivity contribution in [2.24, 2.45) is 7.05 Å². The quantitative estimate of drug-likeness (QED) is 0.503. The van der Waals surface area contributed by atoms with Crippen molar-refractivity contribution in [3.05, 3.63) is 44.8 Å². The summed E-state index contributed by atoms with van der Waals surface area (Å²) in [7, 11) is 1.75. The number of aryl methyl sites for hydroxylation is 2. The van der Waals surface area contributed by atoms with Gasteiger partial charge in [0.2, 0.25) is 0 Å². The van der Waals surface area contributed by atoms with Crippen molar-refractivity contribution in [1.29, 1.82) is 0 Å². The van der Waals surface area contributed by atoms with Crippen LogP contribution in [0.2, 0.25) is 0 Å². The summed E-state index contributed by atoms with van der Waals surface area (Å²) in [6.07, 6.45) is 0. The molecule has 0 unspecified atom stereocenters. The topological polar surface area (TPSA) is 64.0 Å². The number of hydrogen-bond acceptors (Lipinski definition) is 3. The molecule has 0 atom stereocenters. The van der Waals surface area contributed by atoms with Crippen molar-refractivity contribution >= 4 is 40.0 Å². The second-order valence-corrected chi connectivity index (χ2v) is 5.59. The first-order chi connectivity index (χ1) is 9.41. The lowest BCUT2D eigenvalue weighted by Gasteiger charge is -2.06. The largest absolute Gasteiger partial charge is 0.318 e. The molecule has 0 spiro atoms. The Morgan fingerprint density at radius 1 is 1.25 bits per heavy atom. The Morgan fingerprint density at radius 3 is 2.45 bits per heavy atom. The van der Waals surface area contributed by atoms with Gasteiger partial charge in [0.15, 0.2) is 0 Å². The van der Waals surface area contributed by atoms with Crippen LogP contribution in [0.25, 0.3) is 0 Å². The predicted molar refractivity (Wildman–Crippen MR) is 84.8 cm³/mol. The zero-order valence-corrected chi connectivity index (χ0v) is 13.6. The molecule has 2 aromatic rings. The normalized spacial score (nSPS) is 10.4. The number of nitrogens with one attached hydrogen (secondary N) is 1. The molecule has 5 nitrogen and oxygen atoms in total. The van der Waals surface area contributed by atoms with Crippen LogP contribution in [0.1, 0.15) is 21.7 Å². The zero-order valence-electron chi connectivity index (χ0n) is 11.4. The third-order valence-electron chi connectivity index (χ3n) is 3.06. The fraction of sp³-hybridized carbons (Fsp3) is 0.214. The van der Waals surface area contributed by atoms with Crippen LogP contribution in [0, 0.1) is 17.4 Å². The van der Waals surface area contributed by atoms with Crippen molar-refractivity contribution in [1.82, 2.24) is 9.78 Å². The summed E-state index contributed by atoms with van der Waals surface area (Å²) < 4.78 is 2.48. The van der Waals surface area contributed by atoms with E-state index in [0.717, 1.165) is 3.57 Å². The van der Waals surface area contributed by atoms with E-state index in [-0.39, 0.29) is 0 Å². The number of hydrogen-bond donors (Lipinski definition) is 1. The second-order valence-electron chi connectivity index (χ2n) is 4.43. The molecule has 0 fully saturated rings. The van der Waals surface area contributed by atoms with E-state index in [0.29, 0.717) is 22.6 Å². The molecule has 0 aliphatic rings. The number of aromatic nitrogens is 2. The van der Waals surface area contributed by atoms with Gasteiger partial charge in [0.1, 0.15) is 0 Å². The Kier molecular flexibility index (Phi) is 4.22. The summed E-state index contributed by atoms with van der Waals surface area (Å²) >= 11 is 2.11. The van der Waals surface area contributed by atoms with Gasteiger partial charge in [-0.3, -0.25) is 14.3 Å². The number of rotatable bonds is 3. The highest BCUT2D eigenvalue weighted by Crippen LogP contribution is 2.18. The molecule has 20 heavy (non-hydrogen) atoms. The van der Waals surface area contributed by atoms with Gasteiger partial charge >= 0.3 is 0 Å². The summed E-state index contributed by atoms with van der Waals surface area (Å²) in [5.41, 5.74) is 2.25. The number of Topliss-reactive ketones (excluding diaryl/α,β-unsaturated/α-hetero) is 1. The van der Waals surface area contributed by atoms with Gasteiger partial charge in [-0.15, -0.1) is 0 Å². The maximum Gasteiger partial charge on any atom is 0.296 e. The number of ketones is 1. The molecule has 1 aromatic heterocycles. The SMILES string of the molecule is Cc1nn(C)c(C)c1C(=O)C(=O)Nc1ccccc1I. The number of carbonyl (C=O) groups is 2. The van der Waals surface area contributed by atoms with Crippen molar-refractivity contribution < 1.29 is 9.59 Å². The highest BCUT2D eigenvalue weighted by molar-refractivity contribution is 14.1. The second kappa shape index (κ2) is 5.74. The van der Waals surface area contributed by atoms with Gasteiger partial charge in [-0.2, -0.15) is 5.10 Å². The van der Waals surface area contributed by atoms with Gasteiger partial charge in [-0.05, 0) is 48.6 Å². The van der Waals surface area contributed by atoms with Gasteiger partial charge in [0.05, 0.1) is 16.9 Å². The number of anilines is 1. The van der Waals surface area contributed by atoms with E-state index in [1.807, 2.05) is 18.2 Å². The molecule has 6 heteroatoms. The van der Waals surface area contributed by atoms with Crippen LogP contribution in [-0.4, -0.2) is 21.5 Å². The minimum Gasteiger partial charge on any atom is -0.318 e. The van der Waals surface area contributed by atoms with E-state index in [4.69, 9.17) is 0 Å². The lowest BCUT2D eigenvalue weighted by molar-refractivity contribution is -0.112. The van der Waals surface area contributed by atoms with Crippen LogP contribution in [0.5, 0.6) is 0 Å². The number of halogens is 1. The molecule has 0 aliphatic carbocycles. The van der Waals surface area contributed by atoms with E-state index in [1.165, 1.54) is 0 Å². The summed E-state index contributed by atoms with van der Waals surface area (Å²) in [5.74, 6) is -1.21. The lowest BCUT2D eigenvalue weighted by atomic mass is 10.1. The first-order valence-electron chi connectivity index (χ1n) is 6.02. The lowest BCUT2D eigenvalue weighted by Crippen LogP contribution is -2.24. The summed E-state index contributed by atoms with van der Waals surface area (Å²) in [6, 6.07) is 7.30. The Hall–Kier alpha value is -1.70. The highest BCUT2D eigenvalue weighted by atomic mass is 127. The maximum absolute atomic E-state index is 12.2. The fourth-order valence-corrected chi connectivity index (χ4v) is 2.48. The minimum absolute atomic E-state index is 0.371. The number of nitrogens with zero attached hydrogens (tertiary/aromatic N) is 2. The monoisotopic (exact) mass is 383 g/mol. The molecule has 0 radical (unpaired) electrons. The van der Waals surface area contributed by atoms with Crippen molar-refractivity contribution in [3.8, 4) is 0 Å². The Bertz CT molecular complexity index is 692. The van der Waals surface area contributed by atoms with Crippen LogP contribution >= 0.6 is 22.6 Å². The van der Waals surface area contributed by atoms with Gasteiger partial charge < -0.3 is 5.32 Å². The number of amides is 1. The van der Waals surface area contributed by atoms with Gasteiger partial charge in [0, 0.05) is 16.3 Å². The zero-order chi connectivity index (χ0) is 14.9. The Balaban J connectivity index is 2.26. The molecule has 0 saturated carbocycles. The average molecular weight is 383 g/mol. The van der Waals surface area contributed by atoms with Crippen molar-refractivity contribution in [3.63, 3.8) is 0 Å². The molecule has 104 valence electrons. The van der Waals surface area contributed by atoms with E-state index in [2.05, 4.69) is 33.0 Å². The molecule has 1 heterocycles. The van der Waals surface area contributed by atoms with Crippen LogP contribution in [-0.2, 0) is 11.8 Å². The molecule has 2 rings (SSSR count). The Morgan fingerprint density at radius 2 is 1.90 bits per heavy atom. The summed E-state index contributed by atoms with van der Waals surface area (Å²) in [6.45, 7) is 3.49. The average Bonchev–Trinajstić information content (AvgIpc) is 2.65. The van der Waals surface area contributed by atoms with Crippen LogP contribution in [0.4, 0.5) is 5.69 Å². The van der Waals surface area contributed by atoms with E-state index < -0.39 is 11.7 Å². The fourth-order valence-electron chi connectivity index (χ4n) is 1.96. The van der Waals surface area contributed by atoms with E-state index in [9.17, 15) is 9.59 Å². The van der Waals surface area contributed by atoms with Gasteiger partial charge in [-0.25, -0.2) is 0 Å².